The fraction of sp³-hybridized carbons (Fsp3) is 0. The first kappa shape index (κ1) is 15.4. The van der Waals surface area contributed by atoms with Gasteiger partial charge < -0.3 is 4.42 Å². The minimum absolute atomic E-state index is 0.923. The van der Waals surface area contributed by atoms with Crippen LogP contribution in [0.4, 0.5) is 0 Å². The number of fused-ring (bicyclic) bond motifs is 3. The lowest BCUT2D eigenvalue weighted by Gasteiger charge is -2.09. The summed E-state index contributed by atoms with van der Waals surface area (Å²) in [6.07, 6.45) is 0. The van der Waals surface area contributed by atoms with Crippen LogP contribution in [0.5, 0.6) is 0 Å². The highest BCUT2D eigenvalue weighted by atomic mass is 79.9. The molecule has 0 spiro atoms. The highest BCUT2D eigenvalue weighted by molar-refractivity contribution is 9.10. The third-order valence-corrected chi connectivity index (χ3v) is 5.42. The van der Waals surface area contributed by atoms with Crippen LogP contribution in [-0.4, -0.2) is 0 Å². The van der Waals surface area contributed by atoms with Crippen molar-refractivity contribution in [2.75, 3.05) is 0 Å². The molecule has 0 aliphatic heterocycles. The number of rotatable bonds is 2. The molecular weight excluding hydrogens is 384 g/mol. The summed E-state index contributed by atoms with van der Waals surface area (Å²) in [6.45, 7) is 0. The Balaban J connectivity index is 1.72. The summed E-state index contributed by atoms with van der Waals surface area (Å²) in [5.74, 6) is 0. The van der Waals surface area contributed by atoms with E-state index < -0.39 is 0 Å². The normalized spacial score (nSPS) is 11.3. The van der Waals surface area contributed by atoms with E-state index in [1.54, 1.807) is 0 Å². The molecule has 0 aliphatic rings. The number of hydrogen-bond donors (Lipinski definition) is 0. The van der Waals surface area contributed by atoms with Crippen molar-refractivity contribution >= 4 is 37.9 Å². The molecule has 1 aromatic heterocycles. The molecule has 0 N–H and O–H groups in total. The van der Waals surface area contributed by atoms with Gasteiger partial charge in [-0.2, -0.15) is 0 Å². The quantitative estimate of drug-likeness (QED) is 0.297. The van der Waals surface area contributed by atoms with Crippen molar-refractivity contribution in [3.63, 3.8) is 0 Å². The molecular formula is C24H15BrO. The largest absolute Gasteiger partial charge is 0.456 e. The highest BCUT2D eigenvalue weighted by Crippen LogP contribution is 2.39. The first-order chi connectivity index (χ1) is 12.8. The summed E-state index contributed by atoms with van der Waals surface area (Å²) in [4.78, 5) is 0. The highest BCUT2D eigenvalue weighted by Gasteiger charge is 2.13. The van der Waals surface area contributed by atoms with Crippen molar-refractivity contribution in [3.05, 3.63) is 95.5 Å². The zero-order chi connectivity index (χ0) is 17.5. The van der Waals surface area contributed by atoms with Crippen LogP contribution in [0.15, 0.2) is 99.9 Å². The van der Waals surface area contributed by atoms with Crippen LogP contribution < -0.4 is 0 Å². The van der Waals surface area contributed by atoms with E-state index in [0.717, 1.165) is 21.0 Å². The number of halogens is 1. The average molecular weight is 399 g/mol. The lowest BCUT2D eigenvalue weighted by molar-refractivity contribution is 0.669. The standard InChI is InChI=1S/C24H15BrO/c25-21-15-17(13-14-18(21)16-7-2-1-3-8-16)19-10-6-12-23-24(19)20-9-4-5-11-22(20)26-23/h1-15H. The van der Waals surface area contributed by atoms with Gasteiger partial charge in [0, 0.05) is 15.2 Å². The molecule has 0 bridgehead atoms. The number of hydrogen-bond acceptors (Lipinski definition) is 1. The molecule has 0 saturated carbocycles. The predicted molar refractivity (Wildman–Crippen MR) is 112 cm³/mol. The fourth-order valence-corrected chi connectivity index (χ4v) is 4.16. The Morgan fingerprint density at radius 3 is 2.19 bits per heavy atom. The van der Waals surface area contributed by atoms with Crippen LogP contribution in [0.25, 0.3) is 44.2 Å². The Bertz CT molecular complexity index is 1240. The van der Waals surface area contributed by atoms with E-state index in [4.69, 9.17) is 4.42 Å². The maximum Gasteiger partial charge on any atom is 0.136 e. The molecule has 5 rings (SSSR count). The molecule has 1 heterocycles. The Hall–Kier alpha value is -2.84. The van der Waals surface area contributed by atoms with Gasteiger partial charge in [-0.3, -0.25) is 0 Å². The van der Waals surface area contributed by atoms with Gasteiger partial charge in [0.15, 0.2) is 0 Å². The van der Waals surface area contributed by atoms with E-state index in [2.05, 4.69) is 82.7 Å². The van der Waals surface area contributed by atoms with Gasteiger partial charge in [-0.25, -0.2) is 0 Å². The summed E-state index contributed by atoms with van der Waals surface area (Å²) in [5.41, 5.74) is 6.61. The van der Waals surface area contributed by atoms with Crippen molar-refractivity contribution < 1.29 is 4.42 Å². The average Bonchev–Trinajstić information content (AvgIpc) is 3.07. The molecule has 1 nitrogen and oxygen atoms in total. The minimum atomic E-state index is 0.923. The molecule has 0 atom stereocenters. The molecule has 0 unspecified atom stereocenters. The molecule has 26 heavy (non-hydrogen) atoms. The van der Waals surface area contributed by atoms with Gasteiger partial charge in [-0.15, -0.1) is 0 Å². The summed E-state index contributed by atoms with van der Waals surface area (Å²) in [7, 11) is 0. The van der Waals surface area contributed by atoms with E-state index >= 15 is 0 Å². The minimum Gasteiger partial charge on any atom is -0.456 e. The maximum atomic E-state index is 6.03. The van der Waals surface area contributed by atoms with Crippen LogP contribution in [-0.2, 0) is 0 Å². The molecule has 0 saturated heterocycles. The summed E-state index contributed by atoms with van der Waals surface area (Å²) in [6, 6.07) is 31.4. The number of benzene rings is 4. The Morgan fingerprint density at radius 2 is 1.35 bits per heavy atom. The summed E-state index contributed by atoms with van der Waals surface area (Å²) >= 11 is 3.76. The number of furan rings is 1. The Labute approximate surface area is 160 Å². The van der Waals surface area contributed by atoms with Crippen LogP contribution >= 0.6 is 15.9 Å². The van der Waals surface area contributed by atoms with Crippen molar-refractivity contribution in [1.29, 1.82) is 0 Å². The van der Waals surface area contributed by atoms with Crippen LogP contribution in [0, 0.1) is 0 Å². The van der Waals surface area contributed by atoms with E-state index in [-0.39, 0.29) is 0 Å². The smallest absolute Gasteiger partial charge is 0.136 e. The van der Waals surface area contributed by atoms with E-state index in [1.807, 2.05) is 24.3 Å². The van der Waals surface area contributed by atoms with Crippen molar-refractivity contribution in [2.24, 2.45) is 0 Å². The van der Waals surface area contributed by atoms with Crippen molar-refractivity contribution in [3.8, 4) is 22.3 Å². The van der Waals surface area contributed by atoms with Gasteiger partial charge in [-0.05, 0) is 40.5 Å². The summed E-state index contributed by atoms with van der Waals surface area (Å²) < 4.78 is 7.12. The third-order valence-electron chi connectivity index (χ3n) is 4.77. The zero-order valence-electron chi connectivity index (χ0n) is 13.9. The first-order valence-corrected chi connectivity index (χ1v) is 9.36. The SMILES string of the molecule is Brc1cc(-c2cccc3oc4ccccc4c23)ccc1-c1ccccc1. The Kier molecular flexibility index (Phi) is 3.65. The molecule has 2 heteroatoms. The lowest BCUT2D eigenvalue weighted by Crippen LogP contribution is -1.84. The fourth-order valence-electron chi connectivity index (χ4n) is 3.55. The van der Waals surface area contributed by atoms with E-state index in [1.165, 1.54) is 27.6 Å². The predicted octanol–water partition coefficient (Wildman–Crippen LogP) is 7.68. The molecule has 4 aromatic carbocycles. The molecule has 0 fully saturated rings. The molecule has 5 aromatic rings. The van der Waals surface area contributed by atoms with Crippen LogP contribution in [0.3, 0.4) is 0 Å². The zero-order valence-corrected chi connectivity index (χ0v) is 15.5. The molecule has 124 valence electrons. The monoisotopic (exact) mass is 398 g/mol. The lowest BCUT2D eigenvalue weighted by atomic mass is 9.97. The summed E-state index contributed by atoms with van der Waals surface area (Å²) in [5, 5.41) is 2.32. The second-order valence-electron chi connectivity index (χ2n) is 6.34. The van der Waals surface area contributed by atoms with Crippen molar-refractivity contribution in [2.45, 2.75) is 0 Å². The topological polar surface area (TPSA) is 13.1 Å². The second-order valence-corrected chi connectivity index (χ2v) is 7.19. The van der Waals surface area contributed by atoms with Gasteiger partial charge in [0.05, 0.1) is 0 Å². The van der Waals surface area contributed by atoms with Gasteiger partial charge in [0.1, 0.15) is 11.2 Å². The van der Waals surface area contributed by atoms with Crippen molar-refractivity contribution in [1.82, 2.24) is 0 Å². The van der Waals surface area contributed by atoms with Gasteiger partial charge >= 0.3 is 0 Å². The molecule has 0 aliphatic carbocycles. The Morgan fingerprint density at radius 1 is 0.577 bits per heavy atom. The third kappa shape index (κ3) is 2.46. The van der Waals surface area contributed by atoms with Crippen LogP contribution in [0.1, 0.15) is 0 Å². The first-order valence-electron chi connectivity index (χ1n) is 8.57. The second kappa shape index (κ2) is 6.15. The van der Waals surface area contributed by atoms with E-state index in [9.17, 15) is 0 Å². The van der Waals surface area contributed by atoms with Gasteiger partial charge in [-0.1, -0.05) is 88.7 Å². The maximum absolute atomic E-state index is 6.03. The number of para-hydroxylation sites is 1. The van der Waals surface area contributed by atoms with Crippen LogP contribution in [0.2, 0.25) is 0 Å². The van der Waals surface area contributed by atoms with Gasteiger partial charge in [0.25, 0.3) is 0 Å². The molecule has 0 radical (unpaired) electrons. The molecule has 0 amide bonds. The van der Waals surface area contributed by atoms with E-state index in [0.29, 0.717) is 0 Å². The van der Waals surface area contributed by atoms with Gasteiger partial charge in [0.2, 0.25) is 0 Å².